The summed E-state index contributed by atoms with van der Waals surface area (Å²) in [6.45, 7) is 4.76. The number of hydrogen-bond acceptors (Lipinski definition) is 2. The molecule has 0 saturated carbocycles. The van der Waals surface area contributed by atoms with Gasteiger partial charge in [0.25, 0.3) is 5.91 Å². The Morgan fingerprint density at radius 1 is 0.966 bits per heavy atom. The number of benzene rings is 3. The predicted molar refractivity (Wildman–Crippen MR) is 117 cm³/mol. The smallest absolute Gasteiger partial charge is 0.252 e. The van der Waals surface area contributed by atoms with Gasteiger partial charge in [0.15, 0.2) is 0 Å². The molecule has 0 bridgehead atoms. The van der Waals surface area contributed by atoms with E-state index < -0.39 is 0 Å². The first-order valence-electron chi connectivity index (χ1n) is 9.99. The average Bonchev–Trinajstić information content (AvgIpc) is 3.12. The summed E-state index contributed by atoms with van der Waals surface area (Å²) in [5.74, 6) is 0.807. The number of carbonyl (C=O) groups is 1. The molecular formula is C25H25N3O. The van der Waals surface area contributed by atoms with Crippen molar-refractivity contribution in [3.8, 4) is 0 Å². The number of rotatable bonds is 6. The van der Waals surface area contributed by atoms with Crippen molar-refractivity contribution in [1.82, 2.24) is 14.9 Å². The van der Waals surface area contributed by atoms with E-state index in [-0.39, 0.29) is 11.9 Å². The van der Waals surface area contributed by atoms with Crippen LogP contribution in [-0.2, 0) is 13.0 Å². The second-order valence-electron chi connectivity index (χ2n) is 7.36. The van der Waals surface area contributed by atoms with Gasteiger partial charge < -0.3 is 9.88 Å². The second kappa shape index (κ2) is 8.31. The summed E-state index contributed by atoms with van der Waals surface area (Å²) in [7, 11) is 0. The van der Waals surface area contributed by atoms with E-state index in [2.05, 4.69) is 40.2 Å². The summed E-state index contributed by atoms with van der Waals surface area (Å²) in [5, 5.41) is 3.13. The number of nitrogens with one attached hydrogen (secondary N) is 1. The van der Waals surface area contributed by atoms with E-state index in [1.54, 1.807) is 0 Å². The van der Waals surface area contributed by atoms with Crippen LogP contribution in [0, 0.1) is 6.92 Å². The molecule has 4 rings (SSSR count). The van der Waals surface area contributed by atoms with Crippen molar-refractivity contribution in [1.29, 1.82) is 0 Å². The highest BCUT2D eigenvalue weighted by Gasteiger charge is 2.19. The largest absolute Gasteiger partial charge is 0.342 e. The van der Waals surface area contributed by atoms with Gasteiger partial charge in [0.05, 0.1) is 17.1 Å². The molecule has 146 valence electrons. The Morgan fingerprint density at radius 3 is 2.45 bits per heavy atom. The summed E-state index contributed by atoms with van der Waals surface area (Å²) in [6.07, 6.45) is 0.909. The molecule has 0 saturated heterocycles. The Labute approximate surface area is 171 Å². The highest BCUT2D eigenvalue weighted by Crippen LogP contribution is 2.22. The Kier molecular flexibility index (Phi) is 5.43. The number of para-hydroxylation sites is 2. The molecule has 0 aliphatic carbocycles. The van der Waals surface area contributed by atoms with Crippen molar-refractivity contribution in [2.45, 2.75) is 32.9 Å². The summed E-state index contributed by atoms with van der Waals surface area (Å²) in [6, 6.07) is 26.0. The summed E-state index contributed by atoms with van der Waals surface area (Å²) >= 11 is 0. The highest BCUT2D eigenvalue weighted by molar-refractivity contribution is 5.95. The molecule has 0 spiro atoms. The second-order valence-corrected chi connectivity index (χ2v) is 7.36. The molecule has 1 aromatic heterocycles. The lowest BCUT2D eigenvalue weighted by Gasteiger charge is -2.17. The first kappa shape index (κ1) is 18.9. The van der Waals surface area contributed by atoms with E-state index in [1.165, 1.54) is 5.56 Å². The van der Waals surface area contributed by atoms with Gasteiger partial charge in [0.1, 0.15) is 5.82 Å². The SMILES string of the molecule is Cc1ccccc1C(=O)NC(C)c1nc2ccccc2n1CCc1ccccc1. The first-order valence-corrected chi connectivity index (χ1v) is 9.99. The van der Waals surface area contributed by atoms with Crippen molar-refractivity contribution in [3.63, 3.8) is 0 Å². The van der Waals surface area contributed by atoms with Crippen molar-refractivity contribution in [2.75, 3.05) is 0 Å². The highest BCUT2D eigenvalue weighted by atomic mass is 16.1. The quantitative estimate of drug-likeness (QED) is 0.505. The predicted octanol–water partition coefficient (Wildman–Crippen LogP) is 5.08. The molecule has 4 aromatic rings. The van der Waals surface area contributed by atoms with Crippen LogP contribution in [0.2, 0.25) is 0 Å². The lowest BCUT2D eigenvalue weighted by molar-refractivity contribution is 0.0937. The van der Waals surface area contributed by atoms with Gasteiger partial charge in [0, 0.05) is 12.1 Å². The summed E-state index contributed by atoms with van der Waals surface area (Å²) in [4.78, 5) is 17.6. The molecule has 4 heteroatoms. The standard InChI is InChI=1S/C25H25N3O/c1-18-10-6-7-13-21(18)25(29)26-19(2)24-27-22-14-8-9-15-23(22)28(24)17-16-20-11-4-3-5-12-20/h3-15,19H,16-17H2,1-2H3,(H,26,29). The number of amides is 1. The van der Waals surface area contributed by atoms with Crippen LogP contribution < -0.4 is 5.32 Å². The van der Waals surface area contributed by atoms with Gasteiger partial charge in [-0.2, -0.15) is 0 Å². The maximum Gasteiger partial charge on any atom is 0.252 e. The van der Waals surface area contributed by atoms with Gasteiger partial charge in [-0.1, -0.05) is 60.7 Å². The van der Waals surface area contributed by atoms with Crippen LogP contribution in [-0.4, -0.2) is 15.5 Å². The Morgan fingerprint density at radius 2 is 1.66 bits per heavy atom. The maximum absolute atomic E-state index is 12.8. The van der Waals surface area contributed by atoms with Gasteiger partial charge >= 0.3 is 0 Å². The molecule has 0 radical (unpaired) electrons. The van der Waals surface area contributed by atoms with Crippen molar-refractivity contribution >= 4 is 16.9 Å². The summed E-state index contributed by atoms with van der Waals surface area (Å²) in [5.41, 5.74) is 5.00. The molecule has 0 aliphatic rings. The molecule has 1 heterocycles. The zero-order valence-corrected chi connectivity index (χ0v) is 16.8. The number of aromatic nitrogens is 2. The van der Waals surface area contributed by atoms with E-state index in [1.807, 2.05) is 62.4 Å². The van der Waals surface area contributed by atoms with Crippen LogP contribution in [0.1, 0.15) is 40.3 Å². The number of hydrogen-bond donors (Lipinski definition) is 1. The third-order valence-corrected chi connectivity index (χ3v) is 5.28. The first-order chi connectivity index (χ1) is 14.1. The van der Waals surface area contributed by atoms with Crippen molar-refractivity contribution in [3.05, 3.63) is 101 Å². The molecule has 1 atom stereocenters. The van der Waals surface area contributed by atoms with Crippen LogP contribution in [0.3, 0.4) is 0 Å². The average molecular weight is 383 g/mol. The molecule has 0 fully saturated rings. The lowest BCUT2D eigenvalue weighted by atomic mass is 10.1. The van der Waals surface area contributed by atoms with E-state index in [0.717, 1.165) is 35.4 Å². The monoisotopic (exact) mass is 383 g/mol. The zero-order valence-electron chi connectivity index (χ0n) is 16.8. The Balaban J connectivity index is 1.62. The zero-order chi connectivity index (χ0) is 20.2. The minimum Gasteiger partial charge on any atom is -0.342 e. The normalized spacial score (nSPS) is 12.1. The molecule has 0 aliphatic heterocycles. The third kappa shape index (κ3) is 4.06. The van der Waals surface area contributed by atoms with Gasteiger partial charge in [-0.05, 0) is 49.6 Å². The molecule has 1 amide bonds. The number of imidazole rings is 1. The van der Waals surface area contributed by atoms with E-state index in [0.29, 0.717) is 5.56 Å². The fourth-order valence-electron chi connectivity index (χ4n) is 3.71. The fourth-order valence-corrected chi connectivity index (χ4v) is 3.71. The molecule has 3 aromatic carbocycles. The van der Waals surface area contributed by atoms with Gasteiger partial charge in [-0.25, -0.2) is 4.98 Å². The van der Waals surface area contributed by atoms with E-state index >= 15 is 0 Å². The van der Waals surface area contributed by atoms with Gasteiger partial charge in [0.2, 0.25) is 0 Å². The molecule has 4 nitrogen and oxygen atoms in total. The number of carbonyl (C=O) groups excluding carboxylic acids is 1. The van der Waals surface area contributed by atoms with Crippen LogP contribution in [0.15, 0.2) is 78.9 Å². The van der Waals surface area contributed by atoms with Gasteiger partial charge in [-0.15, -0.1) is 0 Å². The Hall–Kier alpha value is -3.40. The van der Waals surface area contributed by atoms with E-state index in [9.17, 15) is 4.79 Å². The number of nitrogens with zero attached hydrogens (tertiary/aromatic N) is 2. The van der Waals surface area contributed by atoms with E-state index in [4.69, 9.17) is 4.98 Å². The minimum atomic E-state index is -0.203. The van der Waals surface area contributed by atoms with Crippen molar-refractivity contribution < 1.29 is 4.79 Å². The lowest BCUT2D eigenvalue weighted by Crippen LogP contribution is -2.29. The molecule has 1 N–H and O–H groups in total. The van der Waals surface area contributed by atoms with Crippen LogP contribution in [0.4, 0.5) is 0 Å². The van der Waals surface area contributed by atoms with Crippen LogP contribution in [0.25, 0.3) is 11.0 Å². The molecular weight excluding hydrogens is 358 g/mol. The Bertz CT molecular complexity index is 1130. The van der Waals surface area contributed by atoms with Crippen LogP contribution in [0.5, 0.6) is 0 Å². The third-order valence-electron chi connectivity index (χ3n) is 5.28. The van der Waals surface area contributed by atoms with Crippen LogP contribution >= 0.6 is 0 Å². The number of aryl methyl sites for hydroxylation is 3. The van der Waals surface area contributed by atoms with Gasteiger partial charge in [-0.3, -0.25) is 4.79 Å². The maximum atomic E-state index is 12.8. The molecule has 29 heavy (non-hydrogen) atoms. The minimum absolute atomic E-state index is 0.0720. The number of fused-ring (bicyclic) bond motifs is 1. The fraction of sp³-hybridized carbons (Fsp3) is 0.200. The summed E-state index contributed by atoms with van der Waals surface area (Å²) < 4.78 is 2.23. The topological polar surface area (TPSA) is 46.9 Å². The van der Waals surface area contributed by atoms with Crippen molar-refractivity contribution in [2.24, 2.45) is 0 Å². The molecule has 1 unspecified atom stereocenters.